The smallest absolute Gasteiger partial charge is 0.135 e. The topological polar surface area (TPSA) is 25.8 Å². The molecule has 0 saturated carbocycles. The number of hydrogen-bond donors (Lipinski definition) is 0. The molecule has 4 nitrogen and oxygen atoms in total. The van der Waals surface area contributed by atoms with Crippen LogP contribution in [0, 0.1) is 27.9 Å². The molecule has 9 aromatic rings. The summed E-state index contributed by atoms with van der Waals surface area (Å²) in [7, 11) is 8.25. The van der Waals surface area contributed by atoms with Crippen LogP contribution in [0.25, 0.3) is 71.9 Å². The number of benzene rings is 5. The van der Waals surface area contributed by atoms with Gasteiger partial charge in [0.05, 0.1) is 40.4 Å². The van der Waals surface area contributed by atoms with E-state index in [0.29, 0.717) is 0 Å². The first-order valence-corrected chi connectivity index (χ1v) is 17.5. The Balaban J connectivity index is 0.000000195. The maximum Gasteiger partial charge on any atom is 0.135 e. The minimum atomic E-state index is 0. The molecule has 0 aliphatic rings. The molecule has 0 unspecified atom stereocenters. The summed E-state index contributed by atoms with van der Waals surface area (Å²) in [5.41, 5.74) is 12.7. The standard InChI is InChI=1S/C31H21N2O.C17H20N.Ir/c1-20-14-16-25-24-17-15-21(19-29(24)34-31(25)30(20)28-13-7-8-18-32(28)2)33-26-11-5-3-9-22(26)23-10-4-6-12-27(23)33;1-13-8-6-7-9-15(13)16-11-10-14(12-18(16)5)17(2,3)4;/h3-19H,1-2H2;6-12H,1,5H2,2-4H3;/q2*-1;. The van der Waals surface area contributed by atoms with E-state index in [9.17, 15) is 0 Å². The van der Waals surface area contributed by atoms with E-state index in [0.717, 1.165) is 61.3 Å². The van der Waals surface area contributed by atoms with Crippen LogP contribution in [0.2, 0.25) is 0 Å². The first-order valence-electron chi connectivity index (χ1n) is 17.5. The molecule has 0 atom stereocenters. The molecule has 53 heavy (non-hydrogen) atoms. The van der Waals surface area contributed by atoms with Crippen LogP contribution in [0.3, 0.4) is 0 Å². The Hall–Kier alpha value is -5.87. The molecular weight excluding hydrogens is 827 g/mol. The van der Waals surface area contributed by atoms with Crippen molar-refractivity contribution in [2.45, 2.75) is 26.2 Å². The van der Waals surface area contributed by atoms with Gasteiger partial charge in [0, 0.05) is 67.5 Å². The second kappa shape index (κ2) is 13.9. The zero-order valence-electron chi connectivity index (χ0n) is 30.3. The summed E-state index contributed by atoms with van der Waals surface area (Å²) < 4.78 is 12.7. The maximum absolute atomic E-state index is 6.54. The van der Waals surface area contributed by atoms with Gasteiger partial charge < -0.3 is 18.1 Å². The van der Waals surface area contributed by atoms with Gasteiger partial charge in [0.2, 0.25) is 0 Å². The van der Waals surface area contributed by atoms with Gasteiger partial charge in [0.15, 0.2) is 0 Å². The van der Waals surface area contributed by atoms with Crippen molar-refractivity contribution in [2.24, 2.45) is 0 Å². The molecule has 1 radical (unpaired) electrons. The van der Waals surface area contributed by atoms with Gasteiger partial charge >= 0.3 is 0 Å². The fourth-order valence-electron chi connectivity index (χ4n) is 7.20. The van der Waals surface area contributed by atoms with Gasteiger partial charge in [-0.2, -0.15) is 37.1 Å². The Labute approximate surface area is 325 Å². The predicted octanol–water partition coefficient (Wildman–Crippen LogP) is 11.2. The van der Waals surface area contributed by atoms with Crippen LogP contribution >= 0.6 is 0 Å². The van der Waals surface area contributed by atoms with Gasteiger partial charge in [0.1, 0.15) is 5.58 Å². The summed E-state index contributed by atoms with van der Waals surface area (Å²) in [5.74, 6) is 0. The van der Waals surface area contributed by atoms with Gasteiger partial charge in [0.25, 0.3) is 0 Å². The number of furan rings is 1. The molecule has 0 saturated heterocycles. The third-order valence-corrected chi connectivity index (χ3v) is 9.93. The van der Waals surface area contributed by atoms with E-state index in [1.54, 1.807) is 0 Å². The number of para-hydroxylation sites is 2. The van der Waals surface area contributed by atoms with E-state index >= 15 is 0 Å². The van der Waals surface area contributed by atoms with E-state index in [-0.39, 0.29) is 25.5 Å². The fourth-order valence-corrected chi connectivity index (χ4v) is 7.20. The minimum absolute atomic E-state index is 0. The Morgan fingerprint density at radius 3 is 1.89 bits per heavy atom. The summed E-state index contributed by atoms with van der Waals surface area (Å²) in [6.45, 7) is 15.0. The fraction of sp³-hybridized carbons (Fsp3) is 0.0833. The van der Waals surface area contributed by atoms with Crippen LogP contribution in [-0.2, 0) is 25.5 Å². The van der Waals surface area contributed by atoms with Crippen molar-refractivity contribution in [2.75, 3.05) is 0 Å². The number of nitrogens with zero attached hydrogens (tertiary/aromatic N) is 3. The third kappa shape index (κ3) is 6.33. The molecule has 0 amide bonds. The molecule has 4 aromatic heterocycles. The van der Waals surface area contributed by atoms with Gasteiger partial charge in [-0.15, -0.1) is 23.8 Å². The molecule has 5 heteroatoms. The van der Waals surface area contributed by atoms with E-state index in [1.165, 1.54) is 27.4 Å². The van der Waals surface area contributed by atoms with E-state index in [4.69, 9.17) is 4.42 Å². The van der Waals surface area contributed by atoms with Gasteiger partial charge in [-0.3, -0.25) is 0 Å². The average molecular weight is 868 g/mol. The predicted molar refractivity (Wildman–Crippen MR) is 215 cm³/mol. The van der Waals surface area contributed by atoms with Crippen molar-refractivity contribution in [1.29, 1.82) is 0 Å². The van der Waals surface area contributed by atoms with Gasteiger partial charge in [-0.05, 0) is 35.2 Å². The summed E-state index contributed by atoms with van der Waals surface area (Å²) in [6, 6.07) is 46.2. The Bertz CT molecular complexity index is 2730. The summed E-state index contributed by atoms with van der Waals surface area (Å²) in [5, 5.41) is 4.66. The normalized spacial score (nSPS) is 11.5. The van der Waals surface area contributed by atoms with Crippen LogP contribution in [0.1, 0.15) is 37.5 Å². The number of rotatable bonds is 3. The molecule has 0 fully saturated rings. The van der Waals surface area contributed by atoms with Crippen LogP contribution in [0.4, 0.5) is 0 Å². The molecule has 0 aliphatic heterocycles. The first-order chi connectivity index (χ1) is 25.1. The molecular formula is C48H41IrN3O-2. The number of fused-ring (bicyclic) bond motifs is 6. The van der Waals surface area contributed by atoms with Crippen LogP contribution in [0.5, 0.6) is 0 Å². The second-order valence-electron chi connectivity index (χ2n) is 14.4. The quantitative estimate of drug-likeness (QED) is 0.128. The van der Waals surface area contributed by atoms with E-state index in [1.807, 2.05) is 51.7 Å². The SMILES string of the molecule is [CH2-]c1ccc2c(oc3cc(-n4c5ccccc5c5ccccc54)ccc32)c1-c1cccc[n+]1[CH2-].[CH2-]c1ccccc1-c1ccc(C(C)(C)C)c[n+]1[CH2-].[Ir]. The monoisotopic (exact) mass is 868 g/mol. The average Bonchev–Trinajstić information content (AvgIpc) is 3.67. The van der Waals surface area contributed by atoms with Crippen molar-refractivity contribution in [3.05, 3.63) is 190 Å². The Morgan fingerprint density at radius 1 is 0.585 bits per heavy atom. The summed E-state index contributed by atoms with van der Waals surface area (Å²) in [4.78, 5) is 0. The van der Waals surface area contributed by atoms with Gasteiger partial charge in [-0.1, -0.05) is 99.1 Å². The Morgan fingerprint density at radius 2 is 1.23 bits per heavy atom. The molecule has 9 rings (SSSR count). The zero-order chi connectivity index (χ0) is 36.1. The molecule has 0 bridgehead atoms. The number of pyridine rings is 2. The number of hydrogen-bond acceptors (Lipinski definition) is 1. The summed E-state index contributed by atoms with van der Waals surface area (Å²) in [6.07, 6.45) is 4.04. The van der Waals surface area contributed by atoms with Crippen molar-refractivity contribution in [3.63, 3.8) is 0 Å². The van der Waals surface area contributed by atoms with Crippen LogP contribution < -0.4 is 9.13 Å². The van der Waals surface area contributed by atoms with Crippen molar-refractivity contribution >= 4 is 43.7 Å². The minimum Gasteiger partial charge on any atom is -0.469 e. The van der Waals surface area contributed by atoms with Crippen LogP contribution in [-0.4, -0.2) is 4.57 Å². The van der Waals surface area contributed by atoms with Gasteiger partial charge in [-0.25, -0.2) is 0 Å². The third-order valence-electron chi connectivity index (χ3n) is 9.93. The van der Waals surface area contributed by atoms with Crippen molar-refractivity contribution in [1.82, 2.24) is 4.57 Å². The second-order valence-corrected chi connectivity index (χ2v) is 14.4. The molecule has 5 aromatic carbocycles. The Kier molecular flexibility index (Phi) is 9.34. The van der Waals surface area contributed by atoms with Crippen molar-refractivity contribution < 1.29 is 33.7 Å². The van der Waals surface area contributed by atoms with E-state index < -0.39 is 0 Å². The van der Waals surface area contributed by atoms with E-state index in [2.05, 4.69) is 157 Å². The molecule has 4 heterocycles. The molecule has 0 N–H and O–H groups in total. The zero-order valence-corrected chi connectivity index (χ0v) is 32.7. The number of aromatic nitrogens is 3. The van der Waals surface area contributed by atoms with Crippen LogP contribution in [0.15, 0.2) is 150 Å². The molecule has 0 spiro atoms. The largest absolute Gasteiger partial charge is 0.469 e. The molecule has 0 aliphatic carbocycles. The first kappa shape index (κ1) is 35.5. The van der Waals surface area contributed by atoms with Crippen molar-refractivity contribution in [3.8, 4) is 28.2 Å². The molecule has 265 valence electrons. The summed E-state index contributed by atoms with van der Waals surface area (Å²) >= 11 is 0. The maximum atomic E-state index is 6.54.